The van der Waals surface area contributed by atoms with Crippen molar-refractivity contribution in [3.05, 3.63) is 28.6 Å². The Bertz CT molecular complexity index is 498. The number of ether oxygens (including phenoxy) is 1. The van der Waals surface area contributed by atoms with Crippen LogP contribution in [0, 0.1) is 11.3 Å². The summed E-state index contributed by atoms with van der Waals surface area (Å²) in [5, 5.41) is 8.90. The van der Waals surface area contributed by atoms with E-state index in [9.17, 15) is 13.6 Å². The molecule has 0 saturated heterocycles. The van der Waals surface area contributed by atoms with Crippen molar-refractivity contribution in [2.45, 2.75) is 19.9 Å². The quantitative estimate of drug-likeness (QED) is 0.824. The summed E-state index contributed by atoms with van der Waals surface area (Å²) in [6, 6.07) is 1.63. The minimum atomic E-state index is -3.00. The fourth-order valence-electron chi connectivity index (χ4n) is 1.43. The molecule has 1 aromatic rings. The van der Waals surface area contributed by atoms with Crippen molar-refractivity contribution in [2.75, 3.05) is 6.61 Å². The standard InChI is InChI=1S/C11H11F2N3O2/c1-2-18-11(17)9-8(10(12)13)7(4-15)6(3-14)5-16-9/h5,10H,2-3,14H2,1H3. The monoisotopic (exact) mass is 255 g/mol. The highest BCUT2D eigenvalue weighted by molar-refractivity contribution is 5.89. The van der Waals surface area contributed by atoms with Gasteiger partial charge in [-0.15, -0.1) is 0 Å². The van der Waals surface area contributed by atoms with E-state index in [-0.39, 0.29) is 24.3 Å². The van der Waals surface area contributed by atoms with Gasteiger partial charge in [-0.1, -0.05) is 0 Å². The largest absolute Gasteiger partial charge is 0.461 e. The number of halogens is 2. The Morgan fingerprint density at radius 1 is 1.67 bits per heavy atom. The second kappa shape index (κ2) is 6.02. The number of hydrogen-bond acceptors (Lipinski definition) is 5. The van der Waals surface area contributed by atoms with E-state index in [2.05, 4.69) is 9.72 Å². The molecule has 1 aromatic heterocycles. The molecule has 0 saturated carbocycles. The minimum absolute atomic E-state index is 0.0315. The van der Waals surface area contributed by atoms with Crippen LogP contribution in [0.1, 0.15) is 40.5 Å². The molecule has 0 aliphatic heterocycles. The molecule has 0 aliphatic rings. The minimum Gasteiger partial charge on any atom is -0.461 e. The van der Waals surface area contributed by atoms with E-state index >= 15 is 0 Å². The second-order valence-corrected chi connectivity index (χ2v) is 3.26. The predicted octanol–water partition coefficient (Wildman–Crippen LogP) is 1.53. The summed E-state index contributed by atoms with van der Waals surface area (Å²) >= 11 is 0. The van der Waals surface area contributed by atoms with E-state index in [4.69, 9.17) is 11.0 Å². The molecule has 0 fully saturated rings. The number of esters is 1. The average Bonchev–Trinajstić information content (AvgIpc) is 2.36. The molecule has 0 aromatic carbocycles. The summed E-state index contributed by atoms with van der Waals surface area (Å²) in [7, 11) is 0. The molecule has 7 heteroatoms. The van der Waals surface area contributed by atoms with Gasteiger partial charge in [-0.25, -0.2) is 18.6 Å². The van der Waals surface area contributed by atoms with E-state index in [0.29, 0.717) is 0 Å². The van der Waals surface area contributed by atoms with Gasteiger partial charge in [0.2, 0.25) is 0 Å². The first-order chi connectivity index (χ1) is 8.56. The first-order valence-electron chi connectivity index (χ1n) is 5.14. The molecule has 0 unspecified atom stereocenters. The van der Waals surface area contributed by atoms with Crippen molar-refractivity contribution in [1.82, 2.24) is 4.98 Å². The maximum atomic E-state index is 13.0. The number of aromatic nitrogens is 1. The average molecular weight is 255 g/mol. The Morgan fingerprint density at radius 3 is 2.78 bits per heavy atom. The number of rotatable bonds is 4. The van der Waals surface area contributed by atoms with Crippen LogP contribution >= 0.6 is 0 Å². The van der Waals surface area contributed by atoms with Gasteiger partial charge in [0, 0.05) is 18.3 Å². The van der Waals surface area contributed by atoms with Crippen LogP contribution in [0.4, 0.5) is 8.78 Å². The van der Waals surface area contributed by atoms with Crippen LogP contribution < -0.4 is 5.73 Å². The Morgan fingerprint density at radius 2 is 2.33 bits per heavy atom. The molecule has 0 bridgehead atoms. The Labute approximate surface area is 102 Å². The molecule has 1 rings (SSSR count). The van der Waals surface area contributed by atoms with E-state index < -0.39 is 23.7 Å². The molecule has 1 heterocycles. The highest BCUT2D eigenvalue weighted by Gasteiger charge is 2.26. The first kappa shape index (κ1) is 14.0. The number of nitriles is 1. The second-order valence-electron chi connectivity index (χ2n) is 3.26. The van der Waals surface area contributed by atoms with Gasteiger partial charge in [0.05, 0.1) is 17.7 Å². The van der Waals surface area contributed by atoms with Crippen LogP contribution in [0.2, 0.25) is 0 Å². The molecular formula is C11H11F2N3O2. The zero-order chi connectivity index (χ0) is 13.7. The maximum absolute atomic E-state index is 13.0. The van der Waals surface area contributed by atoms with E-state index in [1.54, 1.807) is 13.0 Å². The Kier molecular flexibility index (Phi) is 4.68. The van der Waals surface area contributed by atoms with Gasteiger partial charge in [-0.2, -0.15) is 5.26 Å². The summed E-state index contributed by atoms with van der Waals surface area (Å²) in [5.74, 6) is -0.979. The molecule has 5 nitrogen and oxygen atoms in total. The van der Waals surface area contributed by atoms with Crippen LogP contribution in [0.3, 0.4) is 0 Å². The predicted molar refractivity (Wildman–Crippen MR) is 57.8 cm³/mol. The SMILES string of the molecule is CCOC(=O)c1ncc(CN)c(C#N)c1C(F)F. The van der Waals surface area contributed by atoms with Crippen molar-refractivity contribution < 1.29 is 18.3 Å². The van der Waals surface area contributed by atoms with Crippen LogP contribution in [-0.4, -0.2) is 17.6 Å². The number of nitrogens with zero attached hydrogens (tertiary/aromatic N) is 2. The third-order valence-corrected chi connectivity index (χ3v) is 2.21. The summed E-state index contributed by atoms with van der Waals surface area (Å²) < 4.78 is 30.5. The first-order valence-corrected chi connectivity index (χ1v) is 5.14. The number of hydrogen-bond donors (Lipinski definition) is 1. The lowest BCUT2D eigenvalue weighted by molar-refractivity contribution is 0.0507. The van der Waals surface area contributed by atoms with Gasteiger partial charge < -0.3 is 10.5 Å². The van der Waals surface area contributed by atoms with Gasteiger partial charge in [0.1, 0.15) is 6.07 Å². The normalized spacial score (nSPS) is 10.2. The summed E-state index contributed by atoms with van der Waals surface area (Å²) in [4.78, 5) is 15.1. The summed E-state index contributed by atoms with van der Waals surface area (Å²) in [6.07, 6.45) is -1.87. The molecule has 18 heavy (non-hydrogen) atoms. The molecule has 0 atom stereocenters. The van der Waals surface area contributed by atoms with Crippen molar-refractivity contribution >= 4 is 5.97 Å². The highest BCUT2D eigenvalue weighted by Crippen LogP contribution is 2.27. The van der Waals surface area contributed by atoms with Crippen molar-refractivity contribution in [2.24, 2.45) is 5.73 Å². The van der Waals surface area contributed by atoms with Crippen molar-refractivity contribution in [3.8, 4) is 6.07 Å². The van der Waals surface area contributed by atoms with Crippen LogP contribution in [0.15, 0.2) is 6.20 Å². The topological polar surface area (TPSA) is 89.0 Å². The van der Waals surface area contributed by atoms with Crippen LogP contribution in [0.25, 0.3) is 0 Å². The lowest BCUT2D eigenvalue weighted by Gasteiger charge is -2.11. The van der Waals surface area contributed by atoms with Crippen LogP contribution in [-0.2, 0) is 11.3 Å². The highest BCUT2D eigenvalue weighted by atomic mass is 19.3. The molecule has 2 N–H and O–H groups in total. The lowest BCUT2D eigenvalue weighted by Crippen LogP contribution is -2.15. The third kappa shape index (κ3) is 2.60. The zero-order valence-corrected chi connectivity index (χ0v) is 9.61. The summed E-state index contributed by atoms with van der Waals surface area (Å²) in [5.41, 5.74) is 3.92. The zero-order valence-electron chi connectivity index (χ0n) is 9.61. The van der Waals surface area contributed by atoms with E-state index in [1.165, 1.54) is 0 Å². The number of nitrogens with two attached hydrogens (primary N) is 1. The summed E-state index contributed by atoms with van der Waals surface area (Å²) in [6.45, 7) is 1.46. The van der Waals surface area contributed by atoms with Gasteiger partial charge in [0.25, 0.3) is 6.43 Å². The number of alkyl halides is 2. The Hall–Kier alpha value is -2.07. The fraction of sp³-hybridized carbons (Fsp3) is 0.364. The van der Waals surface area contributed by atoms with E-state index in [1.807, 2.05) is 0 Å². The number of pyridine rings is 1. The van der Waals surface area contributed by atoms with Crippen molar-refractivity contribution in [1.29, 1.82) is 5.26 Å². The molecular weight excluding hydrogens is 244 g/mol. The van der Waals surface area contributed by atoms with Gasteiger partial charge in [-0.05, 0) is 6.92 Å². The molecule has 0 amide bonds. The molecule has 96 valence electrons. The van der Waals surface area contributed by atoms with E-state index in [0.717, 1.165) is 6.20 Å². The molecule has 0 aliphatic carbocycles. The van der Waals surface area contributed by atoms with Gasteiger partial charge >= 0.3 is 5.97 Å². The smallest absolute Gasteiger partial charge is 0.357 e. The van der Waals surface area contributed by atoms with Gasteiger partial charge in [0.15, 0.2) is 5.69 Å². The lowest BCUT2D eigenvalue weighted by atomic mass is 10.0. The van der Waals surface area contributed by atoms with Crippen LogP contribution in [0.5, 0.6) is 0 Å². The number of carbonyl (C=O) groups excluding carboxylic acids is 1. The Balaban J connectivity index is 3.45. The third-order valence-electron chi connectivity index (χ3n) is 2.21. The number of carbonyl (C=O) groups is 1. The fourth-order valence-corrected chi connectivity index (χ4v) is 1.43. The molecule has 0 radical (unpaired) electrons. The molecule has 0 spiro atoms. The maximum Gasteiger partial charge on any atom is 0.357 e. The van der Waals surface area contributed by atoms with Crippen molar-refractivity contribution in [3.63, 3.8) is 0 Å². The van der Waals surface area contributed by atoms with Gasteiger partial charge in [-0.3, -0.25) is 0 Å².